The lowest BCUT2D eigenvalue weighted by Crippen LogP contribution is -2.28. The number of rotatable bonds is 3. The largest absolute Gasteiger partial charge is 0.573 e. The van der Waals surface area contributed by atoms with Crippen molar-refractivity contribution in [2.24, 2.45) is 4.99 Å². The van der Waals surface area contributed by atoms with E-state index in [2.05, 4.69) is 9.73 Å². The molecule has 0 radical (unpaired) electrons. The molecule has 2 heterocycles. The molecule has 6 nitrogen and oxygen atoms in total. The normalized spacial score (nSPS) is 18.2. The van der Waals surface area contributed by atoms with Crippen molar-refractivity contribution in [1.29, 1.82) is 0 Å². The summed E-state index contributed by atoms with van der Waals surface area (Å²) >= 11 is 1.05. The standard InChI is InChI=1S/C16H15F4N3O3S/c17-10-5-6-22(7-10)14(25)21-15-23(8-13(9-24)27-15)11-1-3-12(4-2-11)26-16(18,19)20/h1-4,8,10,24H,5-7,9H2/t10-/m1/s1. The molecule has 1 aliphatic heterocycles. The first-order valence-corrected chi connectivity index (χ1v) is 8.73. The van der Waals surface area contributed by atoms with Crippen molar-refractivity contribution in [3.63, 3.8) is 0 Å². The minimum absolute atomic E-state index is 0.0238. The van der Waals surface area contributed by atoms with Gasteiger partial charge >= 0.3 is 12.4 Å². The van der Waals surface area contributed by atoms with E-state index in [9.17, 15) is 27.5 Å². The fourth-order valence-corrected chi connectivity index (χ4v) is 3.42. The molecule has 0 spiro atoms. The van der Waals surface area contributed by atoms with Gasteiger partial charge in [0.2, 0.25) is 0 Å². The maximum Gasteiger partial charge on any atom is 0.573 e. The molecule has 0 bridgehead atoms. The molecule has 1 aromatic heterocycles. The van der Waals surface area contributed by atoms with E-state index >= 15 is 0 Å². The lowest BCUT2D eigenvalue weighted by Gasteiger charge is -2.11. The highest BCUT2D eigenvalue weighted by atomic mass is 32.1. The second kappa shape index (κ2) is 7.69. The molecule has 1 aliphatic rings. The van der Waals surface area contributed by atoms with E-state index < -0.39 is 18.6 Å². The summed E-state index contributed by atoms with van der Waals surface area (Å²) in [6.45, 7) is -0.0465. The van der Waals surface area contributed by atoms with Crippen LogP contribution in [-0.2, 0) is 6.61 Å². The zero-order valence-electron chi connectivity index (χ0n) is 13.8. The highest BCUT2D eigenvalue weighted by Gasteiger charge is 2.31. The van der Waals surface area contributed by atoms with Gasteiger partial charge in [0.15, 0.2) is 4.80 Å². The average Bonchev–Trinajstić information content (AvgIpc) is 3.20. The maximum absolute atomic E-state index is 13.3. The monoisotopic (exact) mass is 405 g/mol. The van der Waals surface area contributed by atoms with Crippen LogP contribution in [0.5, 0.6) is 5.75 Å². The van der Waals surface area contributed by atoms with Gasteiger partial charge in [-0.1, -0.05) is 11.3 Å². The summed E-state index contributed by atoms with van der Waals surface area (Å²) in [4.78, 5) is 18.2. The van der Waals surface area contributed by atoms with Crippen molar-refractivity contribution in [2.45, 2.75) is 25.6 Å². The van der Waals surface area contributed by atoms with Crippen molar-refractivity contribution >= 4 is 17.4 Å². The molecule has 11 heteroatoms. The topological polar surface area (TPSA) is 67.1 Å². The van der Waals surface area contributed by atoms with Gasteiger partial charge in [0, 0.05) is 18.4 Å². The fourth-order valence-electron chi connectivity index (χ4n) is 2.58. The number of aliphatic hydroxyl groups is 1. The summed E-state index contributed by atoms with van der Waals surface area (Å²) in [7, 11) is 0. The third-order valence-corrected chi connectivity index (χ3v) is 4.77. The summed E-state index contributed by atoms with van der Waals surface area (Å²) in [5.74, 6) is -0.384. The number of hydrogen-bond donors (Lipinski definition) is 1. The SMILES string of the molecule is O=C(N=c1sc(CO)cn1-c1ccc(OC(F)(F)F)cc1)N1CC[C@@H](F)C1. The minimum Gasteiger partial charge on any atom is -0.406 e. The minimum atomic E-state index is -4.79. The van der Waals surface area contributed by atoms with Crippen LogP contribution in [0.1, 0.15) is 11.3 Å². The molecule has 27 heavy (non-hydrogen) atoms. The molecule has 0 saturated carbocycles. The third-order valence-electron chi connectivity index (χ3n) is 3.80. The summed E-state index contributed by atoms with van der Waals surface area (Å²) < 4.78 is 55.3. The first kappa shape index (κ1) is 19.4. The number of alkyl halides is 4. The number of thiazole rings is 1. The second-order valence-electron chi connectivity index (χ2n) is 5.78. The lowest BCUT2D eigenvalue weighted by molar-refractivity contribution is -0.274. The van der Waals surface area contributed by atoms with E-state index in [1.165, 1.54) is 27.8 Å². The van der Waals surface area contributed by atoms with Crippen molar-refractivity contribution in [3.8, 4) is 11.4 Å². The first-order chi connectivity index (χ1) is 12.7. The highest BCUT2D eigenvalue weighted by molar-refractivity contribution is 7.09. The molecular formula is C16H15F4N3O3S. The molecule has 1 N–H and O–H groups in total. The van der Waals surface area contributed by atoms with Gasteiger partial charge in [-0.15, -0.1) is 13.2 Å². The molecule has 1 saturated heterocycles. The molecule has 1 fully saturated rings. The summed E-state index contributed by atoms with van der Waals surface area (Å²) in [6.07, 6.45) is -4.08. The Bertz CT molecular complexity index is 876. The first-order valence-electron chi connectivity index (χ1n) is 7.91. The number of amides is 2. The number of carbonyl (C=O) groups excluding carboxylic acids is 1. The molecule has 1 aromatic carbocycles. The van der Waals surface area contributed by atoms with Crippen LogP contribution < -0.4 is 9.54 Å². The van der Waals surface area contributed by atoms with Gasteiger partial charge in [0.05, 0.1) is 18.0 Å². The average molecular weight is 405 g/mol. The van der Waals surface area contributed by atoms with Gasteiger partial charge in [-0.3, -0.25) is 4.57 Å². The van der Waals surface area contributed by atoms with Gasteiger partial charge < -0.3 is 14.7 Å². The van der Waals surface area contributed by atoms with Gasteiger partial charge in [-0.25, -0.2) is 9.18 Å². The Balaban J connectivity index is 1.90. The fraction of sp³-hybridized carbons (Fsp3) is 0.375. The summed E-state index contributed by atoms with van der Waals surface area (Å²) in [5.41, 5.74) is 0.428. The smallest absolute Gasteiger partial charge is 0.406 e. The number of urea groups is 1. The molecule has 1 atom stereocenters. The molecule has 0 aliphatic carbocycles. The van der Waals surface area contributed by atoms with Gasteiger partial charge in [0.1, 0.15) is 11.9 Å². The Morgan fingerprint density at radius 2 is 2.04 bits per heavy atom. The Labute approximate surface area is 154 Å². The predicted octanol–water partition coefficient (Wildman–Crippen LogP) is 2.99. The molecule has 3 rings (SSSR count). The quantitative estimate of drug-likeness (QED) is 0.799. The number of nitrogens with zero attached hydrogens (tertiary/aromatic N) is 3. The van der Waals surface area contributed by atoms with Gasteiger partial charge in [0.25, 0.3) is 0 Å². The number of aromatic nitrogens is 1. The van der Waals surface area contributed by atoms with Crippen LogP contribution in [0.4, 0.5) is 22.4 Å². The molecule has 2 aromatic rings. The van der Waals surface area contributed by atoms with E-state index in [4.69, 9.17) is 0 Å². The Kier molecular flexibility index (Phi) is 5.51. The zero-order valence-corrected chi connectivity index (χ0v) is 14.6. The van der Waals surface area contributed by atoms with Crippen molar-refractivity contribution in [3.05, 3.63) is 40.1 Å². The number of halogens is 4. The van der Waals surface area contributed by atoms with Crippen LogP contribution in [0, 0.1) is 0 Å². The Morgan fingerprint density at radius 3 is 2.59 bits per heavy atom. The van der Waals surface area contributed by atoms with E-state index in [0.29, 0.717) is 10.6 Å². The van der Waals surface area contributed by atoms with E-state index in [1.807, 2.05) is 0 Å². The molecule has 2 amide bonds. The van der Waals surface area contributed by atoms with Crippen molar-refractivity contribution in [1.82, 2.24) is 9.47 Å². The predicted molar refractivity (Wildman–Crippen MR) is 88.3 cm³/mol. The van der Waals surface area contributed by atoms with Crippen molar-refractivity contribution < 1.29 is 32.2 Å². The lowest BCUT2D eigenvalue weighted by atomic mass is 10.3. The third kappa shape index (κ3) is 4.86. The van der Waals surface area contributed by atoms with Crippen LogP contribution in [-0.4, -0.2) is 46.2 Å². The van der Waals surface area contributed by atoms with Gasteiger partial charge in [-0.05, 0) is 30.7 Å². The second-order valence-corrected chi connectivity index (χ2v) is 6.87. The maximum atomic E-state index is 13.3. The number of carbonyl (C=O) groups is 1. The number of ether oxygens (including phenoxy) is 1. The highest BCUT2D eigenvalue weighted by Crippen LogP contribution is 2.24. The van der Waals surface area contributed by atoms with Crippen LogP contribution in [0.15, 0.2) is 35.5 Å². The van der Waals surface area contributed by atoms with Crippen molar-refractivity contribution in [2.75, 3.05) is 13.1 Å². The summed E-state index contributed by atoms with van der Waals surface area (Å²) in [5, 5.41) is 9.34. The van der Waals surface area contributed by atoms with E-state index in [-0.39, 0.29) is 36.7 Å². The van der Waals surface area contributed by atoms with E-state index in [1.54, 1.807) is 0 Å². The van der Waals surface area contributed by atoms with Crippen LogP contribution >= 0.6 is 11.3 Å². The van der Waals surface area contributed by atoms with Crippen LogP contribution in [0.3, 0.4) is 0 Å². The number of benzene rings is 1. The van der Waals surface area contributed by atoms with Gasteiger partial charge in [-0.2, -0.15) is 4.99 Å². The Morgan fingerprint density at radius 1 is 1.33 bits per heavy atom. The molecular weight excluding hydrogens is 390 g/mol. The molecule has 146 valence electrons. The summed E-state index contributed by atoms with van der Waals surface area (Å²) in [6, 6.07) is 4.39. The van der Waals surface area contributed by atoms with E-state index in [0.717, 1.165) is 23.5 Å². The number of hydrogen-bond acceptors (Lipinski definition) is 4. The Hall–Kier alpha value is -2.40. The number of likely N-dealkylation sites (tertiary alicyclic amines) is 1. The zero-order chi connectivity index (χ0) is 19.6. The van der Waals surface area contributed by atoms with Crippen LogP contribution in [0.2, 0.25) is 0 Å². The van der Waals surface area contributed by atoms with Crippen LogP contribution in [0.25, 0.3) is 5.69 Å². The number of aliphatic hydroxyl groups excluding tert-OH is 1. The molecule has 0 unspecified atom stereocenters.